The van der Waals surface area contributed by atoms with Gasteiger partial charge in [0.25, 0.3) is 5.71 Å². The summed E-state index contributed by atoms with van der Waals surface area (Å²) in [4.78, 5) is 13.0. The second-order valence-corrected chi connectivity index (χ2v) is 3.64. The lowest BCUT2D eigenvalue weighted by atomic mass is 10.3. The summed E-state index contributed by atoms with van der Waals surface area (Å²) in [5, 5.41) is 22.9. The summed E-state index contributed by atoms with van der Waals surface area (Å²) in [7, 11) is 0. The summed E-state index contributed by atoms with van der Waals surface area (Å²) in [5.74, 6) is 0. The summed E-state index contributed by atoms with van der Waals surface area (Å²) >= 11 is 0. The number of hydrogen-bond acceptors (Lipinski definition) is 8. The van der Waals surface area contributed by atoms with E-state index in [9.17, 15) is 4.79 Å². The van der Waals surface area contributed by atoms with Crippen LogP contribution < -0.4 is 16.3 Å². The monoisotopic (exact) mass is 254 g/mol. The summed E-state index contributed by atoms with van der Waals surface area (Å²) < 4.78 is 4.84. The van der Waals surface area contributed by atoms with Crippen LogP contribution in [0.1, 0.15) is 5.69 Å². The Morgan fingerprint density at radius 1 is 1.39 bits per heavy atom. The first kappa shape index (κ1) is 12.5. The zero-order valence-corrected chi connectivity index (χ0v) is 9.88. The predicted molar refractivity (Wildman–Crippen MR) is 62.8 cm³/mol. The molecule has 0 saturated carbocycles. The van der Waals surface area contributed by atoms with Gasteiger partial charge in [-0.3, -0.25) is 4.79 Å². The van der Waals surface area contributed by atoms with Gasteiger partial charge in [0, 0.05) is 19.6 Å². The van der Waals surface area contributed by atoms with Crippen molar-refractivity contribution in [3.63, 3.8) is 0 Å². The maximum atomic E-state index is 12.0. The average molecular weight is 254 g/mol. The fourth-order valence-corrected chi connectivity index (χ4v) is 1.46. The Labute approximate surface area is 102 Å². The van der Waals surface area contributed by atoms with Crippen molar-refractivity contribution in [1.82, 2.24) is 25.6 Å². The normalized spacial score (nSPS) is 11.0. The van der Waals surface area contributed by atoms with E-state index in [4.69, 9.17) is 9.63 Å². The lowest BCUT2D eigenvalue weighted by Gasteiger charge is -2.06. The van der Waals surface area contributed by atoms with Gasteiger partial charge in [-0.25, -0.2) is 0 Å². The van der Waals surface area contributed by atoms with Gasteiger partial charge in [-0.15, -0.1) is 4.79 Å². The fraction of sp³-hybridized carbons (Fsp3) is 0.556. The molecule has 0 aliphatic heterocycles. The number of hydrogen-bond donors (Lipinski definition) is 3. The van der Waals surface area contributed by atoms with Crippen molar-refractivity contribution in [2.45, 2.75) is 6.92 Å². The molecular weight excluding hydrogens is 240 g/mol. The first-order valence-electron chi connectivity index (χ1n) is 5.51. The minimum Gasteiger partial charge on any atom is -0.395 e. The number of aliphatic hydroxyl groups excluding tert-OH is 1. The second-order valence-electron chi connectivity index (χ2n) is 3.64. The van der Waals surface area contributed by atoms with E-state index in [0.29, 0.717) is 30.7 Å². The molecule has 0 aliphatic carbocycles. The molecule has 0 bridgehead atoms. The van der Waals surface area contributed by atoms with Crippen LogP contribution in [0.3, 0.4) is 0 Å². The van der Waals surface area contributed by atoms with Gasteiger partial charge in [0.05, 0.1) is 12.3 Å². The van der Waals surface area contributed by atoms with Gasteiger partial charge in [0.1, 0.15) is 5.39 Å². The summed E-state index contributed by atoms with van der Waals surface area (Å²) in [6, 6.07) is 0. The Balaban J connectivity index is 2.07. The molecule has 0 aromatic carbocycles. The largest absolute Gasteiger partial charge is 0.395 e. The van der Waals surface area contributed by atoms with Gasteiger partial charge in [-0.05, 0) is 12.1 Å². The van der Waals surface area contributed by atoms with Crippen LogP contribution in [0.5, 0.6) is 0 Å². The maximum absolute atomic E-state index is 12.0. The highest BCUT2D eigenvalue weighted by Gasteiger charge is 2.12. The zero-order valence-electron chi connectivity index (χ0n) is 9.88. The van der Waals surface area contributed by atoms with E-state index < -0.39 is 0 Å². The van der Waals surface area contributed by atoms with Crippen LogP contribution >= 0.6 is 0 Å². The van der Waals surface area contributed by atoms with Gasteiger partial charge in [-0.1, -0.05) is 10.3 Å². The van der Waals surface area contributed by atoms with E-state index in [1.54, 1.807) is 6.92 Å². The van der Waals surface area contributed by atoms with Crippen molar-refractivity contribution >= 4 is 11.1 Å². The molecule has 2 rings (SSSR count). The minimum atomic E-state index is -0.346. The molecule has 9 heteroatoms. The van der Waals surface area contributed by atoms with Gasteiger partial charge in [0.15, 0.2) is 0 Å². The predicted octanol–water partition coefficient (Wildman–Crippen LogP) is -1.79. The first-order valence-corrected chi connectivity index (χ1v) is 5.51. The third-order valence-electron chi connectivity index (χ3n) is 2.33. The molecule has 18 heavy (non-hydrogen) atoms. The number of nitrogens with zero attached hydrogens (tertiary/aromatic N) is 4. The Hall–Kier alpha value is -2.00. The topological polar surface area (TPSA) is 118 Å². The van der Waals surface area contributed by atoms with Crippen LogP contribution in [0, 0.1) is 6.92 Å². The average Bonchev–Trinajstić information content (AvgIpc) is 2.74. The summed E-state index contributed by atoms with van der Waals surface area (Å²) in [6.45, 7) is 3.32. The van der Waals surface area contributed by atoms with E-state index in [0.717, 1.165) is 4.79 Å². The third kappa shape index (κ3) is 2.46. The lowest BCUT2D eigenvalue weighted by molar-refractivity contribution is 0.293. The molecule has 0 amide bonds. The smallest absolute Gasteiger partial charge is 0.302 e. The highest BCUT2D eigenvalue weighted by atomic mass is 16.5. The van der Waals surface area contributed by atoms with Crippen LogP contribution in [0.15, 0.2) is 9.32 Å². The lowest BCUT2D eigenvalue weighted by Crippen LogP contribution is -2.36. The van der Waals surface area contributed by atoms with Crippen molar-refractivity contribution in [1.29, 1.82) is 0 Å². The molecule has 0 unspecified atom stereocenters. The highest BCUT2D eigenvalue weighted by molar-refractivity contribution is 5.73. The Morgan fingerprint density at radius 3 is 3.00 bits per heavy atom. The third-order valence-corrected chi connectivity index (χ3v) is 2.33. The molecule has 0 radical (unpaired) electrons. The van der Waals surface area contributed by atoms with Crippen LogP contribution in [-0.2, 0) is 0 Å². The molecule has 0 fully saturated rings. The number of fused-ring (bicyclic) bond motifs is 1. The molecule has 2 heterocycles. The van der Waals surface area contributed by atoms with Gasteiger partial charge in [0.2, 0.25) is 0 Å². The van der Waals surface area contributed by atoms with E-state index in [2.05, 4.69) is 26.2 Å². The number of rotatable bonds is 6. The second kappa shape index (κ2) is 5.56. The SMILES string of the molecule is Cc1noc2nnn(NCCNCCO)c(=O)c12. The van der Waals surface area contributed by atoms with Crippen LogP contribution in [0.4, 0.5) is 0 Å². The fourth-order valence-electron chi connectivity index (χ4n) is 1.46. The van der Waals surface area contributed by atoms with Crippen molar-refractivity contribution in [3.05, 3.63) is 16.0 Å². The molecule has 0 spiro atoms. The molecule has 0 aliphatic rings. The quantitative estimate of drug-likeness (QED) is 0.517. The van der Waals surface area contributed by atoms with E-state index >= 15 is 0 Å². The highest BCUT2D eigenvalue weighted by Crippen LogP contribution is 2.07. The van der Waals surface area contributed by atoms with Crippen molar-refractivity contribution in [2.75, 3.05) is 31.7 Å². The van der Waals surface area contributed by atoms with Crippen molar-refractivity contribution in [3.8, 4) is 0 Å². The van der Waals surface area contributed by atoms with E-state index in [1.165, 1.54) is 0 Å². The number of aryl methyl sites for hydroxylation is 1. The first-order chi connectivity index (χ1) is 8.74. The molecule has 2 aromatic heterocycles. The van der Waals surface area contributed by atoms with E-state index in [-0.39, 0.29) is 17.9 Å². The van der Waals surface area contributed by atoms with Crippen molar-refractivity contribution < 1.29 is 9.63 Å². The Kier molecular flexibility index (Phi) is 3.85. The van der Waals surface area contributed by atoms with Gasteiger partial charge >= 0.3 is 5.56 Å². The molecule has 0 saturated heterocycles. The number of aliphatic hydroxyl groups is 1. The molecule has 9 nitrogen and oxygen atoms in total. The molecule has 98 valence electrons. The van der Waals surface area contributed by atoms with Crippen molar-refractivity contribution in [2.24, 2.45) is 0 Å². The van der Waals surface area contributed by atoms with E-state index in [1.807, 2.05) is 0 Å². The molecular formula is C9H14N6O3. The standard InChI is InChI=1S/C9H14N6O3/c1-6-7-8(18-13-6)12-14-15(9(7)17)11-3-2-10-4-5-16/h10-11,16H,2-5H2,1H3. The zero-order chi connectivity index (χ0) is 13.0. The Bertz CT molecular complexity index is 577. The van der Waals surface area contributed by atoms with Gasteiger partial charge in [-0.2, -0.15) is 0 Å². The Morgan fingerprint density at radius 2 is 2.22 bits per heavy atom. The number of nitrogens with one attached hydrogen (secondary N) is 2. The van der Waals surface area contributed by atoms with Gasteiger partial charge < -0.3 is 20.4 Å². The number of aromatic nitrogens is 4. The summed E-state index contributed by atoms with van der Waals surface area (Å²) in [6.07, 6.45) is 0. The maximum Gasteiger partial charge on any atom is 0.302 e. The minimum absolute atomic E-state index is 0.0750. The van der Waals surface area contributed by atoms with Crippen LogP contribution in [-0.4, -0.2) is 51.6 Å². The molecule has 0 atom stereocenters. The molecule has 2 aromatic rings. The van der Waals surface area contributed by atoms with Crippen LogP contribution in [0.2, 0.25) is 0 Å². The van der Waals surface area contributed by atoms with Crippen LogP contribution in [0.25, 0.3) is 11.1 Å². The molecule has 3 N–H and O–H groups in total. The summed E-state index contributed by atoms with van der Waals surface area (Å²) in [5.41, 5.74) is 3.07.